The van der Waals surface area contributed by atoms with Crippen LogP contribution >= 0.6 is 27.5 Å². The molecule has 3 N–H and O–H groups in total. The van der Waals surface area contributed by atoms with Gasteiger partial charge in [-0.3, -0.25) is 5.21 Å². The van der Waals surface area contributed by atoms with Crippen LogP contribution in [-0.4, -0.2) is 15.2 Å². The molecule has 0 bridgehead atoms. The van der Waals surface area contributed by atoms with Crippen molar-refractivity contribution in [2.75, 3.05) is 11.0 Å². The average molecular weight is 305 g/mol. The maximum atomic E-state index is 10.8. The van der Waals surface area contributed by atoms with E-state index in [1.54, 1.807) is 0 Å². The van der Waals surface area contributed by atoms with Gasteiger partial charge in [-0.25, -0.2) is 9.97 Å². The number of nitrogens with two attached hydrogens (primary N) is 1. The monoisotopic (exact) mass is 303 g/mol. The molecule has 8 heteroatoms. The lowest BCUT2D eigenvalue weighted by Gasteiger charge is -2.22. The Morgan fingerprint density at radius 2 is 2.12 bits per heavy atom. The van der Waals surface area contributed by atoms with Crippen molar-refractivity contribution in [2.24, 2.45) is 0 Å². The van der Waals surface area contributed by atoms with Crippen LogP contribution in [0.15, 0.2) is 16.6 Å². The van der Waals surface area contributed by atoms with Crippen molar-refractivity contribution in [3.05, 3.63) is 27.1 Å². The molecule has 0 aliphatic heterocycles. The smallest absolute Gasteiger partial charge is 0.224 e. The third-order valence-electron chi connectivity index (χ3n) is 1.96. The van der Waals surface area contributed by atoms with E-state index in [4.69, 9.17) is 22.5 Å². The molecule has 0 aliphatic rings. The van der Waals surface area contributed by atoms with Crippen molar-refractivity contribution in [3.63, 3.8) is 0 Å². The summed E-state index contributed by atoms with van der Waals surface area (Å²) in [4.78, 5) is 7.71. The molecule has 0 fully saturated rings. The molecule has 0 saturated heterocycles. The van der Waals surface area contributed by atoms with Gasteiger partial charge in [0.05, 0.1) is 11.2 Å². The van der Waals surface area contributed by atoms with Gasteiger partial charge in [0, 0.05) is 9.86 Å². The molecule has 0 radical (unpaired) electrons. The lowest BCUT2D eigenvalue weighted by molar-refractivity contribution is 0.296. The zero-order valence-corrected chi connectivity index (χ0v) is 10.0. The summed E-state index contributed by atoms with van der Waals surface area (Å²) < 4.78 is 0.492. The molecular formula is C8H5BrClN4O2-. The molecule has 0 saturated carbocycles. The third-order valence-corrected chi connectivity index (χ3v) is 2.74. The number of hydrogen-bond donors (Lipinski definition) is 2. The first kappa shape index (κ1) is 11.3. The number of nitrogen functional groups attached to an aromatic ring is 1. The minimum absolute atomic E-state index is 0.0152. The molecule has 2 aromatic rings. The number of benzene rings is 1. The second-order valence-corrected chi connectivity index (χ2v) is 4.17. The molecule has 1 aromatic carbocycles. The van der Waals surface area contributed by atoms with Crippen molar-refractivity contribution in [1.82, 2.24) is 9.97 Å². The predicted molar refractivity (Wildman–Crippen MR) is 64.3 cm³/mol. The number of anilines is 2. The highest BCUT2D eigenvalue weighted by Crippen LogP contribution is 2.31. The summed E-state index contributed by atoms with van der Waals surface area (Å²) in [6.45, 7) is 0. The highest BCUT2D eigenvalue weighted by atomic mass is 79.9. The van der Waals surface area contributed by atoms with Gasteiger partial charge < -0.3 is 16.2 Å². The second kappa shape index (κ2) is 4.02. The molecule has 0 unspecified atom stereocenters. The first-order chi connectivity index (χ1) is 7.49. The lowest BCUT2D eigenvalue weighted by atomic mass is 10.2. The zero-order valence-electron chi connectivity index (χ0n) is 7.69. The maximum Gasteiger partial charge on any atom is 0.224 e. The van der Waals surface area contributed by atoms with Crippen LogP contribution in [0.4, 0.5) is 11.5 Å². The molecule has 16 heavy (non-hydrogen) atoms. The van der Waals surface area contributed by atoms with Crippen LogP contribution in [0, 0.1) is 5.21 Å². The summed E-state index contributed by atoms with van der Waals surface area (Å²) in [5, 5.41) is 19.7. The summed E-state index contributed by atoms with van der Waals surface area (Å²) in [7, 11) is 0. The van der Waals surface area contributed by atoms with E-state index in [1.165, 1.54) is 12.1 Å². The van der Waals surface area contributed by atoms with Crippen molar-refractivity contribution in [1.29, 1.82) is 0 Å². The molecule has 6 nitrogen and oxygen atoms in total. The fourth-order valence-corrected chi connectivity index (χ4v) is 1.99. The van der Waals surface area contributed by atoms with Gasteiger partial charge in [0.25, 0.3) is 0 Å². The average Bonchev–Trinajstić information content (AvgIpc) is 2.19. The SMILES string of the molecule is Nc1nc(Cl)nc2c(Br)cc(N([O-])O)cc12. The van der Waals surface area contributed by atoms with Crippen LogP contribution in [0.2, 0.25) is 5.28 Å². The number of aromatic nitrogens is 2. The van der Waals surface area contributed by atoms with E-state index in [0.29, 0.717) is 15.4 Å². The van der Waals surface area contributed by atoms with E-state index in [-0.39, 0.29) is 22.0 Å². The van der Waals surface area contributed by atoms with E-state index in [0.717, 1.165) is 0 Å². The number of halogens is 2. The van der Waals surface area contributed by atoms with Crippen LogP contribution in [0.3, 0.4) is 0 Å². The van der Waals surface area contributed by atoms with Crippen LogP contribution < -0.4 is 11.0 Å². The minimum Gasteiger partial charge on any atom is -0.733 e. The molecule has 0 spiro atoms. The van der Waals surface area contributed by atoms with E-state index in [2.05, 4.69) is 25.9 Å². The Kier molecular flexibility index (Phi) is 2.85. The Labute approximate surface area is 103 Å². The van der Waals surface area contributed by atoms with Crippen LogP contribution in [0.5, 0.6) is 0 Å². The molecule has 0 atom stereocenters. The standard InChI is InChI=1S/C8H5BrClN4O2/c9-5-2-3(14(15)16)1-4-6(5)12-8(10)13-7(4)11/h1-2,15H,(H2,11,12,13)/q-1. The predicted octanol–water partition coefficient (Wildman–Crippen LogP) is 2.32. The Balaban J connectivity index is 2.82. The Bertz CT molecular complexity index is 563. The minimum atomic E-state index is -0.266. The Hall–Kier alpha value is -1.15. The van der Waals surface area contributed by atoms with Gasteiger partial charge >= 0.3 is 0 Å². The third kappa shape index (κ3) is 1.90. The van der Waals surface area contributed by atoms with Gasteiger partial charge in [-0.05, 0) is 39.7 Å². The van der Waals surface area contributed by atoms with Crippen LogP contribution in [0.1, 0.15) is 0 Å². The van der Waals surface area contributed by atoms with Crippen molar-refractivity contribution >= 4 is 49.9 Å². The Morgan fingerprint density at radius 3 is 2.75 bits per heavy atom. The van der Waals surface area contributed by atoms with E-state index < -0.39 is 0 Å². The fourth-order valence-electron chi connectivity index (χ4n) is 1.28. The van der Waals surface area contributed by atoms with Crippen LogP contribution in [0.25, 0.3) is 10.9 Å². The number of fused-ring (bicyclic) bond motifs is 1. The first-order valence-corrected chi connectivity index (χ1v) is 5.24. The molecular weight excluding hydrogens is 299 g/mol. The molecule has 2 rings (SSSR count). The normalized spacial score (nSPS) is 10.8. The van der Waals surface area contributed by atoms with Gasteiger partial charge in [0.1, 0.15) is 5.82 Å². The quantitative estimate of drug-likeness (QED) is 0.619. The largest absolute Gasteiger partial charge is 0.733 e. The van der Waals surface area contributed by atoms with Crippen LogP contribution in [-0.2, 0) is 0 Å². The molecule has 84 valence electrons. The zero-order chi connectivity index (χ0) is 11.9. The summed E-state index contributed by atoms with van der Waals surface area (Å²) in [6.07, 6.45) is 0. The molecule has 1 heterocycles. The summed E-state index contributed by atoms with van der Waals surface area (Å²) in [5.41, 5.74) is 6.14. The number of hydrogen-bond acceptors (Lipinski definition) is 6. The van der Waals surface area contributed by atoms with Gasteiger partial charge in [0.2, 0.25) is 5.28 Å². The van der Waals surface area contributed by atoms with Crippen molar-refractivity contribution < 1.29 is 5.21 Å². The van der Waals surface area contributed by atoms with Gasteiger partial charge in [0.15, 0.2) is 0 Å². The van der Waals surface area contributed by atoms with Crippen molar-refractivity contribution in [3.8, 4) is 0 Å². The van der Waals surface area contributed by atoms with Gasteiger partial charge in [-0.2, -0.15) is 0 Å². The van der Waals surface area contributed by atoms with E-state index in [9.17, 15) is 5.21 Å². The molecule has 0 aliphatic carbocycles. The van der Waals surface area contributed by atoms with E-state index >= 15 is 0 Å². The molecule has 0 amide bonds. The maximum absolute atomic E-state index is 10.8. The van der Waals surface area contributed by atoms with Gasteiger partial charge in [-0.15, -0.1) is 0 Å². The number of rotatable bonds is 1. The highest BCUT2D eigenvalue weighted by molar-refractivity contribution is 9.10. The van der Waals surface area contributed by atoms with Gasteiger partial charge in [-0.1, -0.05) is 0 Å². The second-order valence-electron chi connectivity index (χ2n) is 2.97. The summed E-state index contributed by atoms with van der Waals surface area (Å²) >= 11 is 8.86. The van der Waals surface area contributed by atoms with Crippen molar-refractivity contribution in [2.45, 2.75) is 0 Å². The van der Waals surface area contributed by atoms with E-state index in [1.807, 2.05) is 0 Å². The number of nitrogens with zero attached hydrogens (tertiary/aromatic N) is 3. The first-order valence-electron chi connectivity index (χ1n) is 4.07. The molecule has 1 aromatic heterocycles. The summed E-state index contributed by atoms with van der Waals surface area (Å²) in [5.74, 6) is 0.138. The lowest BCUT2D eigenvalue weighted by Crippen LogP contribution is -2.07. The highest BCUT2D eigenvalue weighted by Gasteiger charge is 2.09. The Morgan fingerprint density at radius 1 is 1.44 bits per heavy atom. The summed E-state index contributed by atoms with van der Waals surface area (Å²) in [6, 6.07) is 2.77. The fraction of sp³-hybridized carbons (Fsp3) is 0. The topological polar surface area (TPSA) is 98.3 Å².